The number of hydrogen-bond acceptors (Lipinski definition) is 7. The first-order chi connectivity index (χ1) is 15.8. The molecule has 3 aromatic rings. The van der Waals surface area contributed by atoms with Crippen molar-refractivity contribution in [2.24, 2.45) is 4.99 Å². The Morgan fingerprint density at radius 2 is 2.06 bits per heavy atom. The van der Waals surface area contributed by atoms with Gasteiger partial charge < -0.3 is 13.9 Å². The number of carbonyl (C=O) groups is 1. The summed E-state index contributed by atoms with van der Waals surface area (Å²) in [6, 6.07) is 10.2. The maximum absolute atomic E-state index is 13.6. The lowest BCUT2D eigenvalue weighted by atomic mass is 9.95. The summed E-state index contributed by atoms with van der Waals surface area (Å²) in [6.45, 7) is 7.57. The first kappa shape index (κ1) is 23.3. The topological polar surface area (TPSA) is 83.0 Å². The minimum atomic E-state index is -0.735. The fourth-order valence-corrected chi connectivity index (χ4v) is 5.03. The standard InChI is InChI=1S/C24H23BrN2O5S/c1-5-30-23(29)20-14(4)26-24-27(21(20)16-8-6-7-9-17(16)31-13(2)3)22(28)18(33-24)12-15-10-11-19(25)32-15/h6-13,21H,5H2,1-4H3/b18-12-. The molecule has 172 valence electrons. The van der Waals surface area contributed by atoms with E-state index < -0.39 is 12.0 Å². The Kier molecular flexibility index (Phi) is 6.71. The van der Waals surface area contributed by atoms with Gasteiger partial charge in [-0.2, -0.15) is 0 Å². The maximum atomic E-state index is 13.6. The summed E-state index contributed by atoms with van der Waals surface area (Å²) in [5.74, 6) is 0.624. The number of para-hydroxylation sites is 1. The number of nitrogens with zero attached hydrogens (tertiary/aromatic N) is 2. The van der Waals surface area contributed by atoms with Gasteiger partial charge in [0.1, 0.15) is 17.6 Å². The van der Waals surface area contributed by atoms with Crippen molar-refractivity contribution >= 4 is 39.3 Å². The van der Waals surface area contributed by atoms with Gasteiger partial charge in [0.15, 0.2) is 9.47 Å². The quantitative estimate of drug-likeness (QED) is 0.450. The molecule has 0 N–H and O–H groups in total. The van der Waals surface area contributed by atoms with Gasteiger partial charge in [-0.1, -0.05) is 29.5 Å². The molecule has 1 unspecified atom stereocenters. The van der Waals surface area contributed by atoms with E-state index in [9.17, 15) is 9.59 Å². The third kappa shape index (κ3) is 4.60. The molecule has 0 saturated heterocycles. The Labute approximate surface area is 202 Å². The van der Waals surface area contributed by atoms with Crippen molar-refractivity contribution in [3.8, 4) is 5.75 Å². The molecule has 1 aromatic carbocycles. The highest BCUT2D eigenvalue weighted by Gasteiger charge is 2.35. The van der Waals surface area contributed by atoms with Crippen molar-refractivity contribution in [2.45, 2.75) is 39.8 Å². The van der Waals surface area contributed by atoms with Crippen LogP contribution in [0, 0.1) is 0 Å². The molecule has 0 radical (unpaired) electrons. The van der Waals surface area contributed by atoms with E-state index in [-0.39, 0.29) is 18.3 Å². The fraction of sp³-hybridized carbons (Fsp3) is 0.292. The van der Waals surface area contributed by atoms with E-state index in [4.69, 9.17) is 13.9 Å². The number of furan rings is 1. The number of rotatable bonds is 6. The molecule has 0 amide bonds. The molecule has 2 aromatic heterocycles. The summed E-state index contributed by atoms with van der Waals surface area (Å²) in [6.07, 6.45) is 1.58. The molecule has 0 spiro atoms. The van der Waals surface area contributed by atoms with Gasteiger partial charge >= 0.3 is 5.97 Å². The second kappa shape index (κ2) is 9.52. The number of ether oxygens (including phenoxy) is 2. The number of carbonyl (C=O) groups excluding carboxylic acids is 1. The summed E-state index contributed by atoms with van der Waals surface area (Å²) in [7, 11) is 0. The SMILES string of the molecule is CCOC(=O)C1=C(C)N=c2s/c(=C\c3ccc(Br)o3)c(=O)n2C1c1ccccc1OC(C)C. The second-order valence-corrected chi connectivity index (χ2v) is 9.44. The average molecular weight is 531 g/mol. The largest absolute Gasteiger partial charge is 0.491 e. The minimum Gasteiger partial charge on any atom is -0.491 e. The lowest BCUT2D eigenvalue weighted by Gasteiger charge is -2.26. The third-order valence-corrected chi connectivity index (χ3v) is 6.37. The number of thiazole rings is 1. The highest BCUT2D eigenvalue weighted by atomic mass is 79.9. The van der Waals surface area contributed by atoms with Gasteiger partial charge in [-0.25, -0.2) is 9.79 Å². The summed E-state index contributed by atoms with van der Waals surface area (Å²) in [5, 5.41) is 0. The van der Waals surface area contributed by atoms with Crippen LogP contribution in [0.3, 0.4) is 0 Å². The molecule has 0 aliphatic carbocycles. The highest BCUT2D eigenvalue weighted by Crippen LogP contribution is 2.36. The van der Waals surface area contributed by atoms with Gasteiger partial charge in [-0.05, 0) is 61.8 Å². The van der Waals surface area contributed by atoms with E-state index in [0.717, 1.165) is 0 Å². The van der Waals surface area contributed by atoms with Crippen molar-refractivity contribution in [3.63, 3.8) is 0 Å². The smallest absolute Gasteiger partial charge is 0.338 e. The molecule has 33 heavy (non-hydrogen) atoms. The summed E-state index contributed by atoms with van der Waals surface area (Å²) in [4.78, 5) is 31.7. The predicted molar refractivity (Wildman–Crippen MR) is 129 cm³/mol. The maximum Gasteiger partial charge on any atom is 0.338 e. The number of esters is 1. The molecule has 4 rings (SSSR count). The minimum absolute atomic E-state index is 0.0875. The Morgan fingerprint density at radius 3 is 2.73 bits per heavy atom. The van der Waals surface area contributed by atoms with Crippen LogP contribution in [0.1, 0.15) is 45.1 Å². The van der Waals surface area contributed by atoms with Gasteiger partial charge in [0.2, 0.25) is 0 Å². The lowest BCUT2D eigenvalue weighted by Crippen LogP contribution is -2.40. The molecule has 3 heterocycles. The van der Waals surface area contributed by atoms with E-state index in [1.54, 1.807) is 32.1 Å². The van der Waals surface area contributed by atoms with Gasteiger partial charge in [0.05, 0.1) is 28.5 Å². The summed E-state index contributed by atoms with van der Waals surface area (Å²) >= 11 is 4.52. The Morgan fingerprint density at radius 1 is 1.30 bits per heavy atom. The van der Waals surface area contributed by atoms with Crippen molar-refractivity contribution in [1.29, 1.82) is 0 Å². The number of benzene rings is 1. The van der Waals surface area contributed by atoms with Crippen molar-refractivity contribution in [1.82, 2.24) is 4.57 Å². The van der Waals surface area contributed by atoms with Crippen LogP contribution in [0.4, 0.5) is 0 Å². The molecular weight excluding hydrogens is 508 g/mol. The van der Waals surface area contributed by atoms with Crippen LogP contribution < -0.4 is 19.6 Å². The van der Waals surface area contributed by atoms with Gasteiger partial charge in [-0.15, -0.1) is 0 Å². The fourth-order valence-electron chi connectivity index (χ4n) is 3.69. The van der Waals surface area contributed by atoms with Crippen LogP contribution in [0.25, 0.3) is 6.08 Å². The molecule has 1 aliphatic rings. The molecule has 0 fully saturated rings. The normalized spacial score (nSPS) is 16.1. The van der Waals surface area contributed by atoms with Gasteiger partial charge in [0, 0.05) is 11.6 Å². The molecular formula is C24H23BrN2O5S. The van der Waals surface area contributed by atoms with E-state index in [0.29, 0.717) is 42.3 Å². The number of fused-ring (bicyclic) bond motifs is 1. The van der Waals surface area contributed by atoms with Crippen LogP contribution in [0.2, 0.25) is 0 Å². The van der Waals surface area contributed by atoms with Crippen LogP contribution in [0.5, 0.6) is 5.75 Å². The zero-order valence-electron chi connectivity index (χ0n) is 18.6. The van der Waals surface area contributed by atoms with Crippen LogP contribution in [-0.2, 0) is 9.53 Å². The van der Waals surface area contributed by atoms with Crippen LogP contribution in [0.15, 0.2) is 66.5 Å². The van der Waals surface area contributed by atoms with Crippen LogP contribution in [-0.4, -0.2) is 23.2 Å². The number of hydrogen-bond donors (Lipinski definition) is 0. The van der Waals surface area contributed by atoms with E-state index in [2.05, 4.69) is 20.9 Å². The number of aromatic nitrogens is 1. The predicted octanol–water partition coefficient (Wildman–Crippen LogP) is 3.94. The van der Waals surface area contributed by atoms with E-state index >= 15 is 0 Å². The second-order valence-electron chi connectivity index (χ2n) is 7.65. The number of allylic oxidation sites excluding steroid dienone is 1. The average Bonchev–Trinajstić information content (AvgIpc) is 3.30. The molecule has 0 bridgehead atoms. The molecule has 7 nitrogen and oxygen atoms in total. The monoisotopic (exact) mass is 530 g/mol. The molecule has 1 atom stereocenters. The molecule has 9 heteroatoms. The first-order valence-electron chi connectivity index (χ1n) is 10.5. The Balaban J connectivity index is 1.98. The van der Waals surface area contributed by atoms with Crippen molar-refractivity contribution < 1.29 is 18.7 Å². The summed E-state index contributed by atoms with van der Waals surface area (Å²) in [5.41, 5.74) is 1.24. The van der Waals surface area contributed by atoms with Crippen LogP contribution >= 0.6 is 27.3 Å². The number of halogens is 1. The Hall–Kier alpha value is -2.91. The zero-order chi connectivity index (χ0) is 23.7. The van der Waals surface area contributed by atoms with Crippen molar-refractivity contribution in [3.05, 3.63) is 83.3 Å². The van der Waals surface area contributed by atoms with Gasteiger partial charge in [0.25, 0.3) is 5.56 Å². The third-order valence-electron chi connectivity index (χ3n) is 4.96. The highest BCUT2D eigenvalue weighted by molar-refractivity contribution is 9.10. The summed E-state index contributed by atoms with van der Waals surface area (Å²) < 4.78 is 19.5. The molecule has 1 aliphatic heterocycles. The first-order valence-corrected chi connectivity index (χ1v) is 12.1. The lowest BCUT2D eigenvalue weighted by molar-refractivity contribution is -0.139. The van der Waals surface area contributed by atoms with E-state index in [1.807, 2.05) is 38.1 Å². The van der Waals surface area contributed by atoms with Crippen molar-refractivity contribution in [2.75, 3.05) is 6.61 Å². The van der Waals surface area contributed by atoms with E-state index in [1.165, 1.54) is 15.9 Å². The van der Waals surface area contributed by atoms with Gasteiger partial charge in [-0.3, -0.25) is 9.36 Å². The molecule has 0 saturated carbocycles. The zero-order valence-corrected chi connectivity index (χ0v) is 21.0. The Bertz CT molecular complexity index is 1410.